The number of rotatable bonds is 6. The van der Waals surface area contributed by atoms with Crippen molar-refractivity contribution in [3.8, 4) is 17.6 Å². The molecule has 0 saturated heterocycles. The molecular formula is C22H17N3O5. The molecule has 150 valence electrons. The Hall–Kier alpha value is -4.38. The summed E-state index contributed by atoms with van der Waals surface area (Å²) in [6.07, 6.45) is 1.41. The first-order chi connectivity index (χ1) is 14.5. The van der Waals surface area contributed by atoms with Gasteiger partial charge in [-0.3, -0.25) is 4.79 Å². The summed E-state index contributed by atoms with van der Waals surface area (Å²) in [6.45, 7) is 1.69. The van der Waals surface area contributed by atoms with Crippen LogP contribution in [0.5, 0.6) is 11.5 Å². The average molecular weight is 403 g/mol. The lowest BCUT2D eigenvalue weighted by Gasteiger charge is -2.06. The van der Waals surface area contributed by atoms with Crippen molar-refractivity contribution >= 4 is 23.8 Å². The number of anilines is 1. The second-order valence-electron chi connectivity index (χ2n) is 6.13. The van der Waals surface area contributed by atoms with Gasteiger partial charge in [0, 0.05) is 6.07 Å². The van der Waals surface area contributed by atoms with E-state index in [0.29, 0.717) is 28.4 Å². The van der Waals surface area contributed by atoms with E-state index in [9.17, 15) is 14.9 Å². The molecule has 0 bridgehead atoms. The lowest BCUT2D eigenvalue weighted by atomic mass is 10.1. The first-order valence-corrected chi connectivity index (χ1v) is 8.81. The van der Waals surface area contributed by atoms with Gasteiger partial charge in [0.25, 0.3) is 5.91 Å². The third-order valence-electron chi connectivity index (χ3n) is 3.96. The molecule has 0 aliphatic carbocycles. The molecule has 0 atom stereocenters. The van der Waals surface area contributed by atoms with E-state index in [-0.39, 0.29) is 11.4 Å². The highest BCUT2D eigenvalue weighted by molar-refractivity contribution is 6.09. The van der Waals surface area contributed by atoms with E-state index in [4.69, 9.17) is 14.0 Å². The maximum Gasteiger partial charge on any atom is 0.343 e. The number of carbonyl (C=O) groups excluding carboxylic acids is 2. The van der Waals surface area contributed by atoms with Gasteiger partial charge in [0.2, 0.25) is 0 Å². The van der Waals surface area contributed by atoms with Gasteiger partial charge in [0.1, 0.15) is 28.9 Å². The predicted molar refractivity (Wildman–Crippen MR) is 108 cm³/mol. The van der Waals surface area contributed by atoms with Crippen molar-refractivity contribution in [3.05, 3.63) is 77.1 Å². The van der Waals surface area contributed by atoms with Gasteiger partial charge in [-0.25, -0.2) is 4.79 Å². The molecule has 1 heterocycles. The number of aryl methyl sites for hydroxylation is 1. The first-order valence-electron chi connectivity index (χ1n) is 8.81. The van der Waals surface area contributed by atoms with Crippen LogP contribution < -0.4 is 14.8 Å². The van der Waals surface area contributed by atoms with Crippen LogP contribution in [0.15, 0.2) is 64.7 Å². The molecule has 0 saturated carbocycles. The lowest BCUT2D eigenvalue weighted by Crippen LogP contribution is -2.13. The first kappa shape index (κ1) is 20.4. The van der Waals surface area contributed by atoms with E-state index in [0.717, 1.165) is 0 Å². The van der Waals surface area contributed by atoms with Crippen molar-refractivity contribution < 1.29 is 23.6 Å². The Labute approximate surface area is 172 Å². The molecule has 30 heavy (non-hydrogen) atoms. The minimum atomic E-state index is -0.610. The van der Waals surface area contributed by atoms with Crippen molar-refractivity contribution in [2.45, 2.75) is 6.92 Å². The summed E-state index contributed by atoms with van der Waals surface area (Å²) >= 11 is 0. The fraction of sp³-hybridized carbons (Fsp3) is 0.0909. The highest BCUT2D eigenvalue weighted by atomic mass is 16.5. The number of amides is 1. The van der Waals surface area contributed by atoms with Crippen molar-refractivity contribution in [1.82, 2.24) is 5.16 Å². The van der Waals surface area contributed by atoms with E-state index in [1.165, 1.54) is 6.08 Å². The Balaban J connectivity index is 1.66. The Kier molecular flexibility index (Phi) is 6.25. The Bertz CT molecular complexity index is 1120. The zero-order valence-corrected chi connectivity index (χ0v) is 16.2. The van der Waals surface area contributed by atoms with Crippen LogP contribution in [0, 0.1) is 18.3 Å². The molecule has 8 heteroatoms. The van der Waals surface area contributed by atoms with Crippen LogP contribution in [0.4, 0.5) is 5.82 Å². The van der Waals surface area contributed by atoms with Crippen LogP contribution in [0.3, 0.4) is 0 Å². The van der Waals surface area contributed by atoms with Crippen LogP contribution in [0.2, 0.25) is 0 Å². The normalized spacial score (nSPS) is 10.8. The predicted octanol–water partition coefficient (Wildman–Crippen LogP) is 3.76. The summed E-state index contributed by atoms with van der Waals surface area (Å²) in [6, 6.07) is 16.3. The molecule has 1 amide bonds. The molecule has 0 fully saturated rings. The van der Waals surface area contributed by atoms with Gasteiger partial charge in [-0.05, 0) is 55.0 Å². The molecule has 0 unspecified atom stereocenters. The zero-order valence-electron chi connectivity index (χ0n) is 16.2. The number of nitriles is 1. The zero-order chi connectivity index (χ0) is 21.5. The van der Waals surface area contributed by atoms with E-state index in [2.05, 4.69) is 10.5 Å². The van der Waals surface area contributed by atoms with E-state index >= 15 is 0 Å². The SMILES string of the molecule is COc1ccc(C(=O)Oc2ccc(/C=C(/C#N)C(=O)Nc3cc(C)on3)cc2)cc1. The van der Waals surface area contributed by atoms with Crippen LogP contribution in [0.25, 0.3) is 6.08 Å². The molecule has 0 radical (unpaired) electrons. The topological polar surface area (TPSA) is 114 Å². The molecule has 0 aliphatic heterocycles. The van der Waals surface area contributed by atoms with Crippen molar-refractivity contribution in [3.63, 3.8) is 0 Å². The van der Waals surface area contributed by atoms with E-state index in [1.54, 1.807) is 68.6 Å². The number of nitrogens with one attached hydrogen (secondary N) is 1. The number of hydrogen-bond donors (Lipinski definition) is 1. The van der Waals surface area contributed by atoms with Crippen LogP contribution >= 0.6 is 0 Å². The number of carbonyl (C=O) groups is 2. The molecule has 1 aromatic heterocycles. The number of esters is 1. The average Bonchev–Trinajstić information content (AvgIpc) is 3.17. The maximum atomic E-state index is 12.2. The fourth-order valence-electron chi connectivity index (χ4n) is 2.45. The Morgan fingerprint density at radius 2 is 1.77 bits per heavy atom. The summed E-state index contributed by atoms with van der Waals surface area (Å²) in [5.41, 5.74) is 0.854. The molecule has 1 N–H and O–H groups in total. The minimum Gasteiger partial charge on any atom is -0.497 e. The largest absolute Gasteiger partial charge is 0.497 e. The second-order valence-corrected chi connectivity index (χ2v) is 6.13. The van der Waals surface area contributed by atoms with Gasteiger partial charge in [-0.15, -0.1) is 0 Å². The van der Waals surface area contributed by atoms with Crippen molar-refractivity contribution in [2.24, 2.45) is 0 Å². The van der Waals surface area contributed by atoms with Crippen molar-refractivity contribution in [1.29, 1.82) is 5.26 Å². The summed E-state index contributed by atoms with van der Waals surface area (Å²) in [5.74, 6) is 0.599. The third kappa shape index (κ3) is 5.11. The van der Waals surface area contributed by atoms with Gasteiger partial charge in [0.15, 0.2) is 5.82 Å². The molecule has 0 aliphatic rings. The van der Waals surface area contributed by atoms with E-state index < -0.39 is 11.9 Å². The third-order valence-corrected chi connectivity index (χ3v) is 3.96. The number of nitrogens with zero attached hydrogens (tertiary/aromatic N) is 2. The molecule has 2 aromatic carbocycles. The summed E-state index contributed by atoms with van der Waals surface area (Å²) in [7, 11) is 1.54. The molecule has 3 rings (SSSR count). The van der Waals surface area contributed by atoms with Gasteiger partial charge in [-0.1, -0.05) is 17.3 Å². The molecule has 8 nitrogen and oxygen atoms in total. The Morgan fingerprint density at radius 3 is 2.33 bits per heavy atom. The lowest BCUT2D eigenvalue weighted by molar-refractivity contribution is -0.112. The van der Waals surface area contributed by atoms with Crippen molar-refractivity contribution in [2.75, 3.05) is 12.4 Å². The number of ether oxygens (including phenoxy) is 2. The van der Waals surface area contributed by atoms with Gasteiger partial charge in [0.05, 0.1) is 12.7 Å². The number of methoxy groups -OCH3 is 1. The monoisotopic (exact) mass is 403 g/mol. The Morgan fingerprint density at radius 1 is 1.10 bits per heavy atom. The van der Waals surface area contributed by atoms with Crippen LogP contribution in [-0.4, -0.2) is 24.1 Å². The van der Waals surface area contributed by atoms with Crippen LogP contribution in [0.1, 0.15) is 21.7 Å². The maximum absolute atomic E-state index is 12.2. The quantitative estimate of drug-likeness (QED) is 0.288. The van der Waals surface area contributed by atoms with Gasteiger partial charge in [-0.2, -0.15) is 5.26 Å². The smallest absolute Gasteiger partial charge is 0.343 e. The second kappa shape index (κ2) is 9.21. The van der Waals surface area contributed by atoms with E-state index in [1.807, 2.05) is 6.07 Å². The van der Waals surface area contributed by atoms with Gasteiger partial charge < -0.3 is 19.3 Å². The highest BCUT2D eigenvalue weighted by Crippen LogP contribution is 2.18. The number of aromatic nitrogens is 1. The van der Waals surface area contributed by atoms with Gasteiger partial charge >= 0.3 is 5.97 Å². The molecular weight excluding hydrogens is 386 g/mol. The highest BCUT2D eigenvalue weighted by Gasteiger charge is 2.12. The summed E-state index contributed by atoms with van der Waals surface area (Å²) in [5, 5.41) is 15.4. The minimum absolute atomic E-state index is 0.112. The summed E-state index contributed by atoms with van der Waals surface area (Å²) in [4.78, 5) is 24.4. The molecule has 3 aromatic rings. The standard InChI is InChI=1S/C22H17N3O5/c1-14-11-20(25-30-14)24-21(26)17(13-23)12-15-3-7-19(8-4-15)29-22(27)16-5-9-18(28-2)10-6-16/h3-12H,1-2H3,(H,24,25,26)/b17-12-. The summed E-state index contributed by atoms with van der Waals surface area (Å²) < 4.78 is 15.3. The molecule has 0 spiro atoms. The fourth-order valence-corrected chi connectivity index (χ4v) is 2.45. The number of hydrogen-bond acceptors (Lipinski definition) is 7. The van der Waals surface area contributed by atoms with Crippen LogP contribution in [-0.2, 0) is 4.79 Å². The number of benzene rings is 2.